The van der Waals surface area contributed by atoms with Crippen LogP contribution < -0.4 is 52.4 Å². The van der Waals surface area contributed by atoms with Crippen LogP contribution in [-0.4, -0.2) is 13.4 Å². The van der Waals surface area contributed by atoms with Crippen molar-refractivity contribution in [1.82, 2.24) is 0 Å². The Labute approximate surface area is 394 Å². The lowest BCUT2D eigenvalue weighted by Crippen LogP contribution is -2.65. The number of anilines is 12. The number of fused-ring (bicyclic) bond motifs is 12. The van der Waals surface area contributed by atoms with Crippen LogP contribution in [-0.2, 0) is 0 Å². The van der Waals surface area contributed by atoms with E-state index in [9.17, 15) is 0 Å². The predicted molar refractivity (Wildman–Crippen MR) is 287 cm³/mol. The minimum Gasteiger partial charge on any atom is -0.311 e. The molecule has 0 unspecified atom stereocenters. The van der Waals surface area contributed by atoms with Crippen molar-refractivity contribution in [3.05, 3.63) is 231 Å². The summed E-state index contributed by atoms with van der Waals surface area (Å²) in [7, 11) is 0. The molecule has 4 nitrogen and oxygen atoms in total. The van der Waals surface area contributed by atoms with E-state index in [4.69, 9.17) is 0 Å². The molecule has 4 aliphatic rings. The van der Waals surface area contributed by atoms with Crippen LogP contribution in [0.5, 0.6) is 0 Å². The van der Waals surface area contributed by atoms with Gasteiger partial charge < -0.3 is 19.6 Å². The van der Waals surface area contributed by atoms with Crippen LogP contribution in [0.4, 0.5) is 68.2 Å². The van der Waals surface area contributed by atoms with Crippen LogP contribution in [0.1, 0.15) is 0 Å². The highest BCUT2D eigenvalue weighted by Crippen LogP contribution is 2.50. The molecule has 0 aliphatic carbocycles. The fourth-order valence-electron chi connectivity index (χ4n) is 12.0. The molecule has 4 aliphatic heterocycles. The Kier molecular flexibility index (Phi) is 7.80. The van der Waals surface area contributed by atoms with Gasteiger partial charge in [0.1, 0.15) is 0 Å². The summed E-state index contributed by atoms with van der Waals surface area (Å²) in [5, 5.41) is 2.62. The lowest BCUT2D eigenvalue weighted by molar-refractivity contribution is 1.24. The molecule has 10 aromatic carbocycles. The smallest absolute Gasteiger partial charge is 0.252 e. The summed E-state index contributed by atoms with van der Waals surface area (Å²) in [4.78, 5) is 10.1. The second kappa shape index (κ2) is 14.1. The first-order chi connectivity index (χ1) is 33.3. The molecule has 67 heavy (non-hydrogen) atoms. The molecule has 1 aromatic heterocycles. The van der Waals surface area contributed by atoms with Crippen LogP contribution in [0.2, 0.25) is 0 Å². The molecule has 0 radical (unpaired) electrons. The summed E-state index contributed by atoms with van der Waals surface area (Å²) in [6.45, 7) is -0.0671. The van der Waals surface area contributed by atoms with Gasteiger partial charge in [-0.25, -0.2) is 0 Å². The maximum absolute atomic E-state index is 2.62. The molecule has 11 aromatic rings. The van der Waals surface area contributed by atoms with Gasteiger partial charge in [-0.05, 0) is 130 Å². The van der Waals surface area contributed by atoms with E-state index in [1.54, 1.807) is 0 Å². The molecular formula is C60H38B2N4S. The number of hydrogen-bond acceptors (Lipinski definition) is 5. The highest BCUT2D eigenvalue weighted by atomic mass is 32.1. The van der Waals surface area contributed by atoms with Crippen LogP contribution >= 0.6 is 11.3 Å². The molecule has 0 bridgehead atoms. The van der Waals surface area contributed by atoms with Gasteiger partial charge in [-0.3, -0.25) is 0 Å². The van der Waals surface area contributed by atoms with Crippen molar-refractivity contribution in [3.63, 3.8) is 0 Å². The van der Waals surface area contributed by atoms with Crippen molar-refractivity contribution >= 4 is 146 Å². The fourth-order valence-corrected chi connectivity index (χ4v) is 13.1. The maximum atomic E-state index is 2.62. The Morgan fingerprint density at radius 2 is 0.716 bits per heavy atom. The summed E-state index contributed by atoms with van der Waals surface area (Å²) < 4.78 is 2.61. The molecule has 7 heteroatoms. The first-order valence-corrected chi connectivity index (χ1v) is 24.0. The monoisotopic (exact) mass is 868 g/mol. The lowest BCUT2D eigenvalue weighted by atomic mass is 9.30. The van der Waals surface area contributed by atoms with Gasteiger partial charge in [-0.2, -0.15) is 0 Å². The molecule has 0 saturated carbocycles. The number of hydrogen-bond donors (Lipinski definition) is 0. The van der Waals surface area contributed by atoms with Gasteiger partial charge in [-0.15, -0.1) is 11.3 Å². The van der Waals surface area contributed by atoms with Gasteiger partial charge >= 0.3 is 0 Å². The number of rotatable bonds is 4. The van der Waals surface area contributed by atoms with E-state index in [2.05, 4.69) is 250 Å². The zero-order chi connectivity index (χ0) is 43.7. The summed E-state index contributed by atoms with van der Waals surface area (Å²) in [6.07, 6.45) is 0. The molecule has 15 rings (SSSR count). The van der Waals surface area contributed by atoms with Gasteiger partial charge in [0.15, 0.2) is 0 Å². The van der Waals surface area contributed by atoms with E-state index in [1.807, 2.05) is 11.3 Å². The molecule has 0 amide bonds. The highest BCUT2D eigenvalue weighted by Gasteiger charge is 2.48. The van der Waals surface area contributed by atoms with Gasteiger partial charge in [0.25, 0.3) is 13.4 Å². The number of nitrogens with zero attached hydrogens (tertiary/aromatic N) is 4. The van der Waals surface area contributed by atoms with Crippen LogP contribution in [0.15, 0.2) is 231 Å². The first kappa shape index (κ1) is 37.0. The fraction of sp³-hybridized carbons (Fsp3) is 0. The van der Waals surface area contributed by atoms with Crippen molar-refractivity contribution in [3.8, 4) is 0 Å². The minimum absolute atomic E-state index is 0.0170. The van der Waals surface area contributed by atoms with Gasteiger partial charge in [0, 0.05) is 82.7 Å². The Morgan fingerprint density at radius 3 is 1.28 bits per heavy atom. The van der Waals surface area contributed by atoms with E-state index in [1.165, 1.54) is 98.4 Å². The van der Waals surface area contributed by atoms with Gasteiger partial charge in [-0.1, -0.05) is 133 Å². The molecule has 310 valence electrons. The Bertz CT molecular complexity index is 3800. The van der Waals surface area contributed by atoms with E-state index in [0.29, 0.717) is 0 Å². The van der Waals surface area contributed by atoms with Crippen molar-refractivity contribution < 1.29 is 0 Å². The Balaban J connectivity index is 1.08. The van der Waals surface area contributed by atoms with Crippen molar-refractivity contribution in [2.45, 2.75) is 0 Å². The molecule has 0 N–H and O–H groups in total. The largest absolute Gasteiger partial charge is 0.311 e. The average molecular weight is 869 g/mol. The quantitative estimate of drug-likeness (QED) is 0.163. The SMILES string of the molecule is c1ccc(N2c3ccccc3B3c4cc5c(cc4N(c4ccccc4)c4cccc2c43)N(c2ccccc2)c2cccc3c2B5c2ccc4sc5ccccc5c4c2N3c2ccccc2)cc1. The lowest BCUT2D eigenvalue weighted by Gasteiger charge is -2.47. The Hall–Kier alpha value is -8.25. The standard InChI is InChI=1S/C60H38B2N4S/c1-5-19-39(20-6-1)63-48-29-15-14-28-44(48)61-46-37-47-54(38-53(46)64(40-21-7-2-8-22-40)50-31-17-30-49(63)58(50)61)65(41-23-9-3-10-24-41)51-32-18-33-52-59(51)62(47)45-35-36-56-57(43-27-13-16-34-55(43)67-56)60(45)66(52)42-25-11-4-12-26-42/h1-38H. The average Bonchev–Trinajstić information content (AvgIpc) is 3.78. The summed E-state index contributed by atoms with van der Waals surface area (Å²) in [6, 6.07) is 85.8. The summed E-state index contributed by atoms with van der Waals surface area (Å²) >= 11 is 1.89. The third-order valence-electron chi connectivity index (χ3n) is 14.6. The number of para-hydroxylation sites is 5. The van der Waals surface area contributed by atoms with Crippen molar-refractivity contribution in [2.75, 3.05) is 19.6 Å². The van der Waals surface area contributed by atoms with Crippen LogP contribution in [0.3, 0.4) is 0 Å². The molecule has 5 heterocycles. The van der Waals surface area contributed by atoms with Gasteiger partial charge in [0.2, 0.25) is 0 Å². The van der Waals surface area contributed by atoms with E-state index in [-0.39, 0.29) is 13.4 Å². The maximum Gasteiger partial charge on any atom is 0.252 e. The van der Waals surface area contributed by atoms with Gasteiger partial charge in [0.05, 0.1) is 5.69 Å². The first-order valence-electron chi connectivity index (χ1n) is 23.2. The third-order valence-corrected chi connectivity index (χ3v) is 15.7. The van der Waals surface area contributed by atoms with E-state index >= 15 is 0 Å². The Morgan fingerprint density at radius 1 is 0.284 bits per heavy atom. The van der Waals surface area contributed by atoms with E-state index in [0.717, 1.165) is 22.7 Å². The summed E-state index contributed by atoms with van der Waals surface area (Å²) in [5.74, 6) is 0. The van der Waals surface area contributed by atoms with Crippen molar-refractivity contribution in [2.24, 2.45) is 0 Å². The van der Waals surface area contributed by atoms with Crippen molar-refractivity contribution in [1.29, 1.82) is 0 Å². The minimum atomic E-state index is -0.0500. The summed E-state index contributed by atoms with van der Waals surface area (Å²) in [5.41, 5.74) is 22.2. The topological polar surface area (TPSA) is 13.0 Å². The zero-order valence-corrected chi connectivity index (χ0v) is 37.1. The molecule has 0 saturated heterocycles. The molecular weight excluding hydrogens is 830 g/mol. The number of thiophene rings is 1. The second-order valence-corrected chi connectivity index (χ2v) is 19.1. The van der Waals surface area contributed by atoms with Crippen LogP contribution in [0.25, 0.3) is 20.2 Å². The highest BCUT2D eigenvalue weighted by molar-refractivity contribution is 7.26. The molecule has 0 atom stereocenters. The molecule has 0 spiro atoms. The predicted octanol–water partition coefficient (Wildman–Crippen LogP) is 12.2. The normalized spacial score (nSPS) is 13.8. The molecule has 0 fully saturated rings. The number of benzene rings is 10. The van der Waals surface area contributed by atoms with Crippen LogP contribution in [0, 0.1) is 0 Å². The van der Waals surface area contributed by atoms with E-state index < -0.39 is 0 Å². The second-order valence-electron chi connectivity index (χ2n) is 18.0. The zero-order valence-electron chi connectivity index (χ0n) is 36.3. The third kappa shape index (κ3) is 5.15.